The number of aromatic nitrogens is 2. The van der Waals surface area contributed by atoms with E-state index in [0.717, 1.165) is 0 Å². The number of amides is 1. The highest BCUT2D eigenvalue weighted by Crippen LogP contribution is 2.20. The molecule has 0 aliphatic heterocycles. The van der Waals surface area contributed by atoms with Crippen LogP contribution in [0.2, 0.25) is 0 Å². The molecule has 2 N–H and O–H groups in total. The molecule has 0 spiro atoms. The van der Waals surface area contributed by atoms with Gasteiger partial charge in [-0.05, 0) is 54.6 Å². The quantitative estimate of drug-likeness (QED) is 0.593. The molecule has 3 aromatic carbocycles. The van der Waals surface area contributed by atoms with Crippen LogP contribution in [-0.4, -0.2) is 15.5 Å². The second-order valence-corrected chi connectivity index (χ2v) is 5.79. The van der Waals surface area contributed by atoms with E-state index in [1.165, 1.54) is 28.8 Å². The van der Waals surface area contributed by atoms with E-state index in [2.05, 4.69) is 10.3 Å². The van der Waals surface area contributed by atoms with Gasteiger partial charge in [0.2, 0.25) is 0 Å². The molecule has 0 bridgehead atoms. The van der Waals surface area contributed by atoms with Crippen molar-refractivity contribution in [2.75, 3.05) is 5.32 Å². The Morgan fingerprint density at radius 2 is 1.69 bits per heavy atom. The topological polar surface area (TPSA) is 66.9 Å². The van der Waals surface area contributed by atoms with Crippen LogP contribution in [0.25, 0.3) is 16.7 Å². The van der Waals surface area contributed by atoms with Crippen molar-refractivity contribution in [1.29, 1.82) is 0 Å². The standard InChI is InChI=1S/C20H14FN3O2/c21-14-6-9-16(10-7-14)24-18-11-8-15(12-17(18)23-20(24)26)22-19(25)13-4-2-1-3-5-13/h1-12H,(H,22,25)(H,23,26). The van der Waals surface area contributed by atoms with Crippen LogP contribution in [0.15, 0.2) is 77.6 Å². The normalized spacial score (nSPS) is 10.8. The number of nitrogens with zero attached hydrogens (tertiary/aromatic N) is 1. The van der Waals surface area contributed by atoms with Crippen molar-refractivity contribution in [3.05, 3.63) is 94.7 Å². The van der Waals surface area contributed by atoms with Crippen molar-refractivity contribution in [1.82, 2.24) is 9.55 Å². The summed E-state index contributed by atoms with van der Waals surface area (Å²) in [4.78, 5) is 27.3. The van der Waals surface area contributed by atoms with Crippen LogP contribution in [0.1, 0.15) is 10.4 Å². The van der Waals surface area contributed by atoms with Gasteiger partial charge in [-0.25, -0.2) is 9.18 Å². The summed E-state index contributed by atoms with van der Waals surface area (Å²) >= 11 is 0. The Morgan fingerprint density at radius 1 is 0.962 bits per heavy atom. The lowest BCUT2D eigenvalue weighted by atomic mass is 10.2. The van der Waals surface area contributed by atoms with Gasteiger partial charge in [-0.1, -0.05) is 18.2 Å². The van der Waals surface area contributed by atoms with Gasteiger partial charge in [-0.3, -0.25) is 9.36 Å². The van der Waals surface area contributed by atoms with Crippen molar-refractivity contribution < 1.29 is 9.18 Å². The van der Waals surface area contributed by atoms with E-state index in [-0.39, 0.29) is 17.4 Å². The third-order valence-corrected chi connectivity index (χ3v) is 4.06. The molecule has 1 aromatic heterocycles. The maximum atomic E-state index is 13.1. The maximum absolute atomic E-state index is 13.1. The SMILES string of the molecule is O=C(Nc1ccc2c(c1)[nH]c(=O)n2-c1ccc(F)cc1)c1ccccc1. The fraction of sp³-hybridized carbons (Fsp3) is 0. The van der Waals surface area contributed by atoms with Crippen LogP contribution in [0, 0.1) is 5.82 Å². The maximum Gasteiger partial charge on any atom is 0.331 e. The predicted molar refractivity (Wildman–Crippen MR) is 98.2 cm³/mol. The molecule has 0 fully saturated rings. The van der Waals surface area contributed by atoms with Gasteiger partial charge in [0.15, 0.2) is 0 Å². The molecule has 0 aliphatic carbocycles. The monoisotopic (exact) mass is 347 g/mol. The molecule has 26 heavy (non-hydrogen) atoms. The Bertz CT molecular complexity index is 1150. The number of hydrogen-bond acceptors (Lipinski definition) is 2. The van der Waals surface area contributed by atoms with Gasteiger partial charge in [0.1, 0.15) is 5.82 Å². The number of benzene rings is 3. The lowest BCUT2D eigenvalue weighted by Crippen LogP contribution is -2.14. The molecule has 0 atom stereocenters. The molecular formula is C20H14FN3O2. The summed E-state index contributed by atoms with van der Waals surface area (Å²) in [7, 11) is 0. The van der Waals surface area contributed by atoms with E-state index >= 15 is 0 Å². The molecule has 0 saturated heterocycles. The number of anilines is 1. The number of carbonyl (C=O) groups is 1. The summed E-state index contributed by atoms with van der Waals surface area (Å²) in [6.07, 6.45) is 0. The van der Waals surface area contributed by atoms with Crippen molar-refractivity contribution in [2.45, 2.75) is 0 Å². The average molecular weight is 347 g/mol. The zero-order chi connectivity index (χ0) is 18.1. The smallest absolute Gasteiger partial charge is 0.322 e. The van der Waals surface area contributed by atoms with Gasteiger partial charge >= 0.3 is 5.69 Å². The number of H-pyrrole nitrogens is 1. The van der Waals surface area contributed by atoms with E-state index in [1.54, 1.807) is 42.5 Å². The summed E-state index contributed by atoms with van der Waals surface area (Å²) in [6, 6.07) is 19.7. The van der Waals surface area contributed by atoms with Gasteiger partial charge in [-0.15, -0.1) is 0 Å². The van der Waals surface area contributed by atoms with Crippen molar-refractivity contribution >= 4 is 22.6 Å². The lowest BCUT2D eigenvalue weighted by molar-refractivity contribution is 0.102. The Kier molecular flexibility index (Phi) is 3.85. The minimum Gasteiger partial charge on any atom is -0.322 e. The zero-order valence-corrected chi connectivity index (χ0v) is 13.6. The number of carbonyl (C=O) groups excluding carboxylic acids is 1. The zero-order valence-electron chi connectivity index (χ0n) is 13.6. The number of nitrogens with one attached hydrogen (secondary N) is 2. The molecule has 5 nitrogen and oxygen atoms in total. The Labute approximate surface area is 147 Å². The molecule has 4 aromatic rings. The van der Waals surface area contributed by atoms with Crippen LogP contribution >= 0.6 is 0 Å². The van der Waals surface area contributed by atoms with Gasteiger partial charge in [0.25, 0.3) is 5.91 Å². The Morgan fingerprint density at radius 3 is 2.42 bits per heavy atom. The molecule has 0 saturated carbocycles. The van der Waals surface area contributed by atoms with E-state index in [1.807, 2.05) is 6.07 Å². The van der Waals surface area contributed by atoms with Gasteiger partial charge < -0.3 is 10.3 Å². The molecule has 1 heterocycles. The minimum absolute atomic E-state index is 0.231. The molecular weight excluding hydrogens is 333 g/mol. The lowest BCUT2D eigenvalue weighted by Gasteiger charge is -2.06. The van der Waals surface area contributed by atoms with E-state index in [4.69, 9.17) is 0 Å². The van der Waals surface area contributed by atoms with Crippen molar-refractivity contribution in [3.63, 3.8) is 0 Å². The number of fused-ring (bicyclic) bond motifs is 1. The van der Waals surface area contributed by atoms with Crippen molar-refractivity contribution in [3.8, 4) is 5.69 Å². The minimum atomic E-state index is -0.368. The van der Waals surface area contributed by atoms with Crippen LogP contribution < -0.4 is 11.0 Å². The first kappa shape index (κ1) is 15.8. The highest BCUT2D eigenvalue weighted by Gasteiger charge is 2.11. The summed E-state index contributed by atoms with van der Waals surface area (Å²) in [5.41, 5.74) is 2.55. The molecule has 0 radical (unpaired) electrons. The van der Waals surface area contributed by atoms with Gasteiger partial charge in [0.05, 0.1) is 16.7 Å². The Hall–Kier alpha value is -3.67. The first-order valence-electron chi connectivity index (χ1n) is 7.99. The van der Waals surface area contributed by atoms with E-state index < -0.39 is 0 Å². The number of aromatic amines is 1. The fourth-order valence-electron chi connectivity index (χ4n) is 2.83. The summed E-state index contributed by atoms with van der Waals surface area (Å²) < 4.78 is 14.6. The van der Waals surface area contributed by atoms with Crippen LogP contribution in [0.3, 0.4) is 0 Å². The summed E-state index contributed by atoms with van der Waals surface area (Å²) in [5, 5.41) is 2.81. The highest BCUT2D eigenvalue weighted by atomic mass is 19.1. The molecule has 1 amide bonds. The van der Waals surface area contributed by atoms with Crippen LogP contribution in [0.5, 0.6) is 0 Å². The summed E-state index contributed by atoms with van der Waals surface area (Å²) in [6.45, 7) is 0. The Balaban J connectivity index is 1.70. The average Bonchev–Trinajstić information content (AvgIpc) is 2.98. The van der Waals surface area contributed by atoms with Crippen LogP contribution in [0.4, 0.5) is 10.1 Å². The number of imidazole rings is 1. The van der Waals surface area contributed by atoms with Crippen LogP contribution in [-0.2, 0) is 0 Å². The first-order valence-corrected chi connectivity index (χ1v) is 7.99. The van der Waals surface area contributed by atoms with E-state index in [0.29, 0.717) is 28.0 Å². The van der Waals surface area contributed by atoms with E-state index in [9.17, 15) is 14.0 Å². The molecule has 4 rings (SSSR count). The molecule has 6 heteroatoms. The highest BCUT2D eigenvalue weighted by molar-refractivity contribution is 6.04. The predicted octanol–water partition coefficient (Wildman–Crippen LogP) is 3.71. The van der Waals surface area contributed by atoms with Gasteiger partial charge in [-0.2, -0.15) is 0 Å². The number of hydrogen-bond donors (Lipinski definition) is 2. The third-order valence-electron chi connectivity index (χ3n) is 4.06. The fourth-order valence-corrected chi connectivity index (χ4v) is 2.83. The number of halogens is 1. The summed E-state index contributed by atoms with van der Waals surface area (Å²) in [5.74, 6) is -0.599. The largest absolute Gasteiger partial charge is 0.331 e. The first-order chi connectivity index (χ1) is 12.6. The van der Waals surface area contributed by atoms with Crippen molar-refractivity contribution in [2.24, 2.45) is 0 Å². The molecule has 0 unspecified atom stereocenters. The third kappa shape index (κ3) is 2.88. The number of rotatable bonds is 3. The second-order valence-electron chi connectivity index (χ2n) is 5.79. The molecule has 128 valence electrons. The second kappa shape index (κ2) is 6.33. The molecule has 0 aliphatic rings. The van der Waals surface area contributed by atoms with Gasteiger partial charge in [0, 0.05) is 11.3 Å².